The highest BCUT2D eigenvalue weighted by Crippen LogP contribution is 2.03. The van der Waals surface area contributed by atoms with E-state index >= 15 is 0 Å². The predicted molar refractivity (Wildman–Crippen MR) is 92.3 cm³/mol. The van der Waals surface area contributed by atoms with Gasteiger partial charge in [0.2, 0.25) is 0 Å². The molecule has 0 bridgehead atoms. The standard InChI is InChI=1S/C18H21N3O4/c1-20(12-6-9-17(23)25-2)18(24)15-10-11-16(22)21(19-15)13-14-7-4-3-5-8-14/h3-5,7-8,10-11H,6,9,12-13H2,1-2H3. The molecule has 0 radical (unpaired) electrons. The summed E-state index contributed by atoms with van der Waals surface area (Å²) in [5.41, 5.74) is 0.845. The Balaban J connectivity index is 2.06. The summed E-state index contributed by atoms with van der Waals surface area (Å²) in [6, 6.07) is 12.2. The molecule has 1 aromatic heterocycles. The number of hydrogen-bond acceptors (Lipinski definition) is 5. The highest BCUT2D eigenvalue weighted by Gasteiger charge is 2.15. The van der Waals surface area contributed by atoms with Crippen LogP contribution in [0.1, 0.15) is 28.9 Å². The first-order chi connectivity index (χ1) is 12.0. The molecule has 2 aromatic rings. The van der Waals surface area contributed by atoms with Crippen molar-refractivity contribution in [1.29, 1.82) is 0 Å². The summed E-state index contributed by atoms with van der Waals surface area (Å²) in [5, 5.41) is 4.17. The molecule has 0 unspecified atom stereocenters. The minimum Gasteiger partial charge on any atom is -0.469 e. The van der Waals surface area contributed by atoms with Gasteiger partial charge in [-0.2, -0.15) is 5.10 Å². The van der Waals surface area contributed by atoms with Crippen LogP contribution >= 0.6 is 0 Å². The molecule has 0 aliphatic heterocycles. The summed E-state index contributed by atoms with van der Waals surface area (Å²) in [6.07, 6.45) is 0.744. The Kier molecular flexibility index (Phi) is 6.45. The summed E-state index contributed by atoms with van der Waals surface area (Å²) >= 11 is 0. The first kappa shape index (κ1) is 18.4. The molecule has 0 saturated heterocycles. The summed E-state index contributed by atoms with van der Waals surface area (Å²) in [7, 11) is 2.96. The average molecular weight is 343 g/mol. The molecule has 132 valence electrons. The maximum Gasteiger partial charge on any atom is 0.305 e. The van der Waals surface area contributed by atoms with Crippen molar-refractivity contribution in [3.8, 4) is 0 Å². The van der Waals surface area contributed by atoms with Crippen molar-refractivity contribution in [2.75, 3.05) is 20.7 Å². The molecule has 1 aromatic carbocycles. The molecule has 1 amide bonds. The van der Waals surface area contributed by atoms with Crippen LogP contribution in [0.3, 0.4) is 0 Å². The smallest absolute Gasteiger partial charge is 0.305 e. The zero-order chi connectivity index (χ0) is 18.2. The first-order valence-corrected chi connectivity index (χ1v) is 7.95. The van der Waals surface area contributed by atoms with E-state index in [9.17, 15) is 14.4 Å². The van der Waals surface area contributed by atoms with Gasteiger partial charge in [-0.05, 0) is 18.1 Å². The van der Waals surface area contributed by atoms with Gasteiger partial charge in [0.15, 0.2) is 0 Å². The number of carbonyl (C=O) groups excluding carboxylic acids is 2. The second kappa shape index (κ2) is 8.77. The molecule has 7 heteroatoms. The Bertz CT molecular complexity index is 786. The van der Waals surface area contributed by atoms with E-state index < -0.39 is 0 Å². The minimum absolute atomic E-state index is 0.191. The van der Waals surface area contributed by atoms with Gasteiger partial charge in [-0.25, -0.2) is 4.68 Å². The van der Waals surface area contributed by atoms with Crippen LogP contribution in [0.25, 0.3) is 0 Å². The fourth-order valence-corrected chi connectivity index (χ4v) is 2.29. The highest BCUT2D eigenvalue weighted by molar-refractivity contribution is 5.91. The van der Waals surface area contributed by atoms with Crippen molar-refractivity contribution in [2.24, 2.45) is 0 Å². The third kappa shape index (κ3) is 5.27. The van der Waals surface area contributed by atoms with Crippen LogP contribution in [0.5, 0.6) is 0 Å². The number of methoxy groups -OCH3 is 1. The van der Waals surface area contributed by atoms with Crippen LogP contribution in [0.4, 0.5) is 0 Å². The molecule has 0 aliphatic rings. The largest absolute Gasteiger partial charge is 0.469 e. The molecule has 0 fully saturated rings. The van der Waals surface area contributed by atoms with Gasteiger partial charge < -0.3 is 9.64 Å². The Morgan fingerprint density at radius 1 is 1.16 bits per heavy atom. The summed E-state index contributed by atoms with van der Waals surface area (Å²) in [4.78, 5) is 37.0. The van der Waals surface area contributed by atoms with Gasteiger partial charge in [0.05, 0.1) is 13.7 Å². The molecule has 2 rings (SSSR count). The van der Waals surface area contributed by atoms with Gasteiger partial charge in [0.25, 0.3) is 11.5 Å². The molecule has 0 aliphatic carbocycles. The SMILES string of the molecule is COC(=O)CCCN(C)C(=O)c1ccc(=O)n(Cc2ccccc2)n1. The van der Waals surface area contributed by atoms with E-state index in [1.54, 1.807) is 7.05 Å². The van der Waals surface area contributed by atoms with Crippen LogP contribution < -0.4 is 5.56 Å². The van der Waals surface area contributed by atoms with Gasteiger partial charge >= 0.3 is 5.97 Å². The van der Waals surface area contributed by atoms with Crippen LogP contribution in [0, 0.1) is 0 Å². The van der Waals surface area contributed by atoms with E-state index in [1.165, 1.54) is 28.8 Å². The Morgan fingerprint density at radius 2 is 1.88 bits per heavy atom. The fraction of sp³-hybridized carbons (Fsp3) is 0.333. The van der Waals surface area contributed by atoms with Gasteiger partial charge in [-0.3, -0.25) is 14.4 Å². The number of benzene rings is 1. The van der Waals surface area contributed by atoms with Crippen LogP contribution in [-0.4, -0.2) is 47.3 Å². The average Bonchev–Trinajstić information content (AvgIpc) is 2.63. The summed E-state index contributed by atoms with van der Waals surface area (Å²) in [5.74, 6) is -0.609. The van der Waals surface area contributed by atoms with Crippen LogP contribution in [0.15, 0.2) is 47.3 Å². The second-order valence-electron chi connectivity index (χ2n) is 5.61. The van der Waals surface area contributed by atoms with Gasteiger partial charge in [0.1, 0.15) is 5.69 Å². The molecule has 25 heavy (non-hydrogen) atoms. The maximum atomic E-state index is 12.4. The van der Waals surface area contributed by atoms with E-state index in [1.807, 2.05) is 30.3 Å². The predicted octanol–water partition coefficient (Wildman–Crippen LogP) is 1.32. The Hall–Kier alpha value is -2.96. The number of carbonyl (C=O) groups is 2. The number of rotatable bonds is 7. The molecule has 0 N–H and O–H groups in total. The Labute approximate surface area is 145 Å². The van der Waals surface area contributed by atoms with E-state index in [-0.39, 0.29) is 29.6 Å². The number of hydrogen-bond donors (Lipinski definition) is 0. The summed E-state index contributed by atoms with van der Waals surface area (Å²) in [6.45, 7) is 0.695. The monoisotopic (exact) mass is 343 g/mol. The number of nitrogens with zero attached hydrogens (tertiary/aromatic N) is 3. The number of esters is 1. The maximum absolute atomic E-state index is 12.4. The van der Waals surface area contributed by atoms with Crippen LogP contribution in [0.2, 0.25) is 0 Å². The van der Waals surface area contributed by atoms with E-state index in [2.05, 4.69) is 9.84 Å². The van der Waals surface area contributed by atoms with Crippen molar-refractivity contribution in [1.82, 2.24) is 14.7 Å². The van der Waals surface area contributed by atoms with Gasteiger partial charge in [0, 0.05) is 26.1 Å². The first-order valence-electron chi connectivity index (χ1n) is 7.95. The third-order valence-electron chi connectivity index (χ3n) is 3.71. The zero-order valence-corrected chi connectivity index (χ0v) is 14.3. The van der Waals surface area contributed by atoms with Crippen molar-refractivity contribution < 1.29 is 14.3 Å². The van der Waals surface area contributed by atoms with E-state index in [0.717, 1.165) is 5.56 Å². The minimum atomic E-state index is -0.310. The highest BCUT2D eigenvalue weighted by atomic mass is 16.5. The number of amides is 1. The number of ether oxygens (including phenoxy) is 1. The van der Waals surface area contributed by atoms with Crippen molar-refractivity contribution in [3.05, 3.63) is 64.1 Å². The second-order valence-corrected chi connectivity index (χ2v) is 5.61. The lowest BCUT2D eigenvalue weighted by atomic mass is 10.2. The van der Waals surface area contributed by atoms with E-state index in [4.69, 9.17) is 0 Å². The van der Waals surface area contributed by atoms with Gasteiger partial charge in [-0.1, -0.05) is 30.3 Å². The summed E-state index contributed by atoms with van der Waals surface area (Å²) < 4.78 is 5.84. The molecule has 0 spiro atoms. The Morgan fingerprint density at radius 3 is 2.56 bits per heavy atom. The molecule has 7 nitrogen and oxygen atoms in total. The van der Waals surface area contributed by atoms with Gasteiger partial charge in [-0.15, -0.1) is 0 Å². The van der Waals surface area contributed by atoms with Crippen molar-refractivity contribution in [2.45, 2.75) is 19.4 Å². The third-order valence-corrected chi connectivity index (χ3v) is 3.71. The normalized spacial score (nSPS) is 10.3. The van der Waals surface area contributed by atoms with Crippen molar-refractivity contribution >= 4 is 11.9 Å². The molecule has 0 atom stereocenters. The molecule has 0 saturated carbocycles. The topological polar surface area (TPSA) is 81.5 Å². The fourth-order valence-electron chi connectivity index (χ4n) is 2.29. The molecule has 1 heterocycles. The molecular formula is C18H21N3O4. The zero-order valence-electron chi connectivity index (χ0n) is 14.3. The molecular weight excluding hydrogens is 322 g/mol. The lowest BCUT2D eigenvalue weighted by molar-refractivity contribution is -0.140. The lowest BCUT2D eigenvalue weighted by Crippen LogP contribution is -2.32. The van der Waals surface area contributed by atoms with Crippen molar-refractivity contribution in [3.63, 3.8) is 0 Å². The van der Waals surface area contributed by atoms with E-state index in [0.29, 0.717) is 19.5 Å². The van der Waals surface area contributed by atoms with Crippen LogP contribution in [-0.2, 0) is 16.1 Å². The number of aromatic nitrogens is 2. The quantitative estimate of drug-likeness (QED) is 0.708. The lowest BCUT2D eigenvalue weighted by Gasteiger charge is -2.16.